The molecule has 0 amide bonds. The molecule has 9 rings (SSSR count). The molecule has 0 atom stereocenters. The zero-order valence-electron chi connectivity index (χ0n) is 25.7. The summed E-state index contributed by atoms with van der Waals surface area (Å²) in [4.78, 5) is 15.0. The van der Waals surface area contributed by atoms with E-state index in [0.29, 0.717) is 22.9 Å². The van der Waals surface area contributed by atoms with Gasteiger partial charge in [0.1, 0.15) is 0 Å². The van der Waals surface area contributed by atoms with Gasteiger partial charge < -0.3 is 9.31 Å². The number of hydrogen-bond acceptors (Lipinski definition) is 5. The SMILES string of the molecule is CC1(C)OB(c2cccc(-c3nc(-c4ccccc4)nc(-c4ccc(C56CC7CC(CC(C7)C5)C6)cc4)n3)c2)OC1(C)C. The molecule has 4 bridgehead atoms. The van der Waals surface area contributed by atoms with E-state index in [1.54, 1.807) is 0 Å². The van der Waals surface area contributed by atoms with Crippen molar-refractivity contribution in [1.82, 2.24) is 15.0 Å². The molecule has 0 unspecified atom stereocenters. The third-order valence-corrected chi connectivity index (χ3v) is 11.1. The molecule has 3 aromatic carbocycles. The molecule has 2 heterocycles. The normalized spacial score (nSPS) is 28.4. The Morgan fingerprint density at radius 2 is 1.07 bits per heavy atom. The molecule has 0 N–H and O–H groups in total. The van der Waals surface area contributed by atoms with Crippen LogP contribution in [0.5, 0.6) is 0 Å². The number of benzene rings is 3. The summed E-state index contributed by atoms with van der Waals surface area (Å²) in [6.07, 6.45) is 8.48. The molecular weight excluding hydrogens is 529 g/mol. The van der Waals surface area contributed by atoms with E-state index in [4.69, 9.17) is 24.3 Å². The van der Waals surface area contributed by atoms with Crippen LogP contribution in [0.1, 0.15) is 71.8 Å². The molecule has 4 aliphatic carbocycles. The third kappa shape index (κ3) is 4.74. The Morgan fingerprint density at radius 3 is 1.63 bits per heavy atom. The smallest absolute Gasteiger partial charge is 0.399 e. The van der Waals surface area contributed by atoms with Crippen LogP contribution in [0.2, 0.25) is 0 Å². The minimum Gasteiger partial charge on any atom is -0.399 e. The quantitative estimate of drug-likeness (QED) is 0.231. The molecule has 218 valence electrons. The highest BCUT2D eigenvalue weighted by Gasteiger charge is 2.52. The van der Waals surface area contributed by atoms with Gasteiger partial charge in [0.05, 0.1) is 11.2 Å². The highest BCUT2D eigenvalue weighted by molar-refractivity contribution is 6.62. The average Bonchev–Trinajstić information content (AvgIpc) is 3.23. The van der Waals surface area contributed by atoms with Crippen LogP contribution in [0.4, 0.5) is 0 Å². The first-order chi connectivity index (χ1) is 20.7. The van der Waals surface area contributed by atoms with Crippen LogP contribution in [0.3, 0.4) is 0 Å². The van der Waals surface area contributed by atoms with Crippen molar-refractivity contribution in [3.05, 3.63) is 84.4 Å². The lowest BCUT2D eigenvalue weighted by Gasteiger charge is -2.57. The molecule has 0 radical (unpaired) electrons. The predicted octanol–water partition coefficient (Wildman–Crippen LogP) is 7.64. The molecule has 43 heavy (non-hydrogen) atoms. The summed E-state index contributed by atoms with van der Waals surface area (Å²) >= 11 is 0. The molecular formula is C37H40BN3O2. The van der Waals surface area contributed by atoms with E-state index in [0.717, 1.165) is 39.9 Å². The van der Waals surface area contributed by atoms with Crippen LogP contribution in [0.25, 0.3) is 34.2 Å². The van der Waals surface area contributed by atoms with Gasteiger partial charge in [0.15, 0.2) is 17.5 Å². The lowest BCUT2D eigenvalue weighted by Crippen LogP contribution is -2.48. The molecule has 0 spiro atoms. The standard InChI is InChI=1S/C37H40BN3O2/c1-35(2)36(3,4)43-38(42-35)31-12-8-11-29(20-31)34-40-32(27-9-6-5-7-10-27)39-33(41-34)28-13-15-30(16-14-28)37-21-24-17-25(22-37)19-26(18-24)23-37/h5-16,20,24-26H,17-19,21-23H2,1-4H3. The zero-order chi connectivity index (χ0) is 29.4. The molecule has 6 heteroatoms. The zero-order valence-corrected chi connectivity index (χ0v) is 25.7. The number of rotatable bonds is 5. The van der Waals surface area contributed by atoms with E-state index in [1.165, 1.54) is 44.1 Å². The Morgan fingerprint density at radius 1 is 0.581 bits per heavy atom. The lowest BCUT2D eigenvalue weighted by atomic mass is 9.48. The third-order valence-electron chi connectivity index (χ3n) is 11.1. The Balaban J connectivity index is 1.16. The molecule has 5 aliphatic rings. The summed E-state index contributed by atoms with van der Waals surface area (Å²) in [5.41, 5.74) is 4.95. The molecule has 4 aromatic rings. The van der Waals surface area contributed by atoms with Gasteiger partial charge in [0.2, 0.25) is 0 Å². The van der Waals surface area contributed by atoms with Gasteiger partial charge in [-0.25, -0.2) is 15.0 Å². The maximum absolute atomic E-state index is 6.35. The average molecular weight is 570 g/mol. The second-order valence-corrected chi connectivity index (χ2v) is 14.7. The fourth-order valence-corrected chi connectivity index (χ4v) is 8.59. The van der Waals surface area contributed by atoms with Crippen molar-refractivity contribution in [3.63, 3.8) is 0 Å². The van der Waals surface area contributed by atoms with Gasteiger partial charge in [0.25, 0.3) is 0 Å². The summed E-state index contributed by atoms with van der Waals surface area (Å²) in [6.45, 7) is 8.32. The van der Waals surface area contributed by atoms with Gasteiger partial charge in [-0.15, -0.1) is 0 Å². The van der Waals surface area contributed by atoms with Crippen molar-refractivity contribution in [2.24, 2.45) is 17.8 Å². The minimum atomic E-state index is -0.447. The van der Waals surface area contributed by atoms with E-state index in [-0.39, 0.29) is 0 Å². The van der Waals surface area contributed by atoms with Crippen LogP contribution in [0, 0.1) is 17.8 Å². The summed E-state index contributed by atoms with van der Waals surface area (Å²) in [5, 5.41) is 0. The van der Waals surface area contributed by atoms with Crippen molar-refractivity contribution >= 4 is 12.6 Å². The van der Waals surface area contributed by atoms with Crippen LogP contribution in [0.15, 0.2) is 78.9 Å². The maximum Gasteiger partial charge on any atom is 0.494 e. The Bertz CT molecular complexity index is 1620. The number of aromatic nitrogens is 3. The van der Waals surface area contributed by atoms with Crippen molar-refractivity contribution in [2.75, 3.05) is 0 Å². The largest absolute Gasteiger partial charge is 0.494 e. The van der Waals surface area contributed by atoms with E-state index < -0.39 is 18.3 Å². The summed E-state index contributed by atoms with van der Waals surface area (Å²) in [5.74, 6) is 4.80. The van der Waals surface area contributed by atoms with Crippen LogP contribution >= 0.6 is 0 Å². The van der Waals surface area contributed by atoms with Crippen molar-refractivity contribution in [2.45, 2.75) is 82.8 Å². The maximum atomic E-state index is 6.35. The Kier molecular flexibility index (Phi) is 6.23. The minimum absolute atomic E-state index is 0.376. The van der Waals surface area contributed by atoms with Crippen LogP contribution in [-0.2, 0) is 14.7 Å². The molecule has 5 nitrogen and oxygen atoms in total. The van der Waals surface area contributed by atoms with Gasteiger partial charge in [0, 0.05) is 16.7 Å². The van der Waals surface area contributed by atoms with Crippen LogP contribution in [-0.4, -0.2) is 33.3 Å². The van der Waals surface area contributed by atoms with Crippen molar-refractivity contribution in [1.29, 1.82) is 0 Å². The lowest BCUT2D eigenvalue weighted by molar-refractivity contribution is -0.00518. The van der Waals surface area contributed by atoms with Gasteiger partial charge in [-0.2, -0.15) is 0 Å². The van der Waals surface area contributed by atoms with E-state index >= 15 is 0 Å². The first-order valence-corrected chi connectivity index (χ1v) is 16.0. The second-order valence-electron chi connectivity index (χ2n) is 14.7. The van der Waals surface area contributed by atoms with Gasteiger partial charge in [-0.1, -0.05) is 78.9 Å². The molecule has 5 fully saturated rings. The second kappa shape index (κ2) is 9.83. The number of hydrogen-bond donors (Lipinski definition) is 0. The fourth-order valence-electron chi connectivity index (χ4n) is 8.59. The molecule has 1 aliphatic heterocycles. The predicted molar refractivity (Wildman–Crippen MR) is 172 cm³/mol. The molecule has 4 saturated carbocycles. The number of nitrogens with zero attached hydrogens (tertiary/aromatic N) is 3. The monoisotopic (exact) mass is 569 g/mol. The van der Waals surface area contributed by atoms with E-state index in [9.17, 15) is 0 Å². The summed E-state index contributed by atoms with van der Waals surface area (Å²) in [7, 11) is -0.447. The fraction of sp³-hybridized carbons (Fsp3) is 0.432. The molecule has 1 aromatic heterocycles. The first kappa shape index (κ1) is 27.2. The van der Waals surface area contributed by atoms with Gasteiger partial charge in [-0.05, 0) is 100 Å². The highest BCUT2D eigenvalue weighted by atomic mass is 16.7. The van der Waals surface area contributed by atoms with Crippen LogP contribution < -0.4 is 5.46 Å². The molecule has 1 saturated heterocycles. The highest BCUT2D eigenvalue weighted by Crippen LogP contribution is 2.60. The van der Waals surface area contributed by atoms with Crippen molar-refractivity contribution in [3.8, 4) is 34.2 Å². The topological polar surface area (TPSA) is 57.1 Å². The summed E-state index contributed by atoms with van der Waals surface area (Å²) in [6, 6.07) is 27.6. The Hall–Kier alpha value is -3.35. The van der Waals surface area contributed by atoms with Gasteiger partial charge in [-0.3, -0.25) is 0 Å². The van der Waals surface area contributed by atoms with Gasteiger partial charge >= 0.3 is 7.12 Å². The Labute approximate surface area is 255 Å². The summed E-state index contributed by atoms with van der Waals surface area (Å²) < 4.78 is 12.7. The first-order valence-electron chi connectivity index (χ1n) is 16.0. The van der Waals surface area contributed by atoms with E-state index in [1.807, 2.05) is 24.3 Å². The van der Waals surface area contributed by atoms with Crippen molar-refractivity contribution < 1.29 is 9.31 Å². The van der Waals surface area contributed by atoms with E-state index in [2.05, 4.69) is 82.3 Å².